The van der Waals surface area contributed by atoms with Gasteiger partial charge >= 0.3 is 0 Å². The molecule has 3 aromatic rings. The third-order valence-corrected chi connectivity index (χ3v) is 4.49. The molecule has 0 aliphatic rings. The van der Waals surface area contributed by atoms with Crippen molar-refractivity contribution in [2.45, 2.75) is 11.6 Å². The van der Waals surface area contributed by atoms with Gasteiger partial charge in [0, 0.05) is 17.9 Å². The molecule has 3 rings (SSSR count). The standard InChI is InChI=1S/C15H12F2N4O3S/c1-25(23,24)13-6-12(14-18-7-11(17)15(22)19-14)20-21(13)8-9-4-2-3-5-10(9)16/h2-7H,8H2,1H3,(H,18,19,22). The van der Waals surface area contributed by atoms with Gasteiger partial charge in [0.05, 0.1) is 12.7 Å². The summed E-state index contributed by atoms with van der Waals surface area (Å²) in [6.07, 6.45) is 1.69. The lowest BCUT2D eigenvalue weighted by Gasteiger charge is -2.06. The average Bonchev–Trinajstić information content (AvgIpc) is 2.96. The first kappa shape index (κ1) is 17.0. The molecular formula is C15H12F2N4O3S. The zero-order valence-electron chi connectivity index (χ0n) is 12.9. The molecule has 130 valence electrons. The molecular weight excluding hydrogens is 354 g/mol. The second kappa shape index (κ2) is 6.20. The normalized spacial score (nSPS) is 11.6. The molecule has 1 aromatic carbocycles. The fraction of sp³-hybridized carbons (Fsp3) is 0.133. The van der Waals surface area contributed by atoms with E-state index in [9.17, 15) is 22.0 Å². The SMILES string of the molecule is CS(=O)(=O)c1cc(-c2ncc(F)c(=O)[nH]2)nn1Cc1ccccc1F. The molecule has 1 N–H and O–H groups in total. The van der Waals surface area contributed by atoms with Gasteiger partial charge in [-0.25, -0.2) is 22.5 Å². The fourth-order valence-corrected chi connectivity index (χ4v) is 3.04. The van der Waals surface area contributed by atoms with Crippen LogP contribution in [0.15, 0.2) is 46.3 Å². The summed E-state index contributed by atoms with van der Waals surface area (Å²) in [6, 6.07) is 7.06. The van der Waals surface area contributed by atoms with E-state index in [1.54, 1.807) is 6.07 Å². The Morgan fingerprint density at radius 3 is 2.56 bits per heavy atom. The number of benzene rings is 1. The Hall–Kier alpha value is -2.88. The summed E-state index contributed by atoms with van der Waals surface area (Å²) in [5.74, 6) is -1.67. The maximum Gasteiger partial charge on any atom is 0.287 e. The first-order chi connectivity index (χ1) is 11.8. The van der Waals surface area contributed by atoms with Crippen molar-refractivity contribution < 1.29 is 17.2 Å². The summed E-state index contributed by atoms with van der Waals surface area (Å²) in [4.78, 5) is 17.2. The van der Waals surface area contributed by atoms with Crippen LogP contribution < -0.4 is 5.56 Å². The van der Waals surface area contributed by atoms with Crippen molar-refractivity contribution in [2.75, 3.05) is 6.26 Å². The third-order valence-electron chi connectivity index (χ3n) is 3.40. The van der Waals surface area contributed by atoms with Gasteiger partial charge in [-0.15, -0.1) is 0 Å². The van der Waals surface area contributed by atoms with Gasteiger partial charge in [0.25, 0.3) is 5.56 Å². The number of H-pyrrole nitrogens is 1. The van der Waals surface area contributed by atoms with Crippen LogP contribution in [-0.4, -0.2) is 34.4 Å². The maximum absolute atomic E-state index is 13.8. The van der Waals surface area contributed by atoms with Gasteiger partial charge in [-0.1, -0.05) is 18.2 Å². The molecule has 0 fully saturated rings. The number of halogens is 2. The minimum Gasteiger partial charge on any atom is -0.303 e. The molecule has 0 saturated carbocycles. The molecule has 10 heteroatoms. The Bertz CT molecular complexity index is 1110. The number of nitrogens with one attached hydrogen (secondary N) is 1. The third kappa shape index (κ3) is 3.48. The summed E-state index contributed by atoms with van der Waals surface area (Å²) in [5, 5.41) is 3.89. The molecule has 0 amide bonds. The Labute approximate surface area is 140 Å². The lowest BCUT2D eigenvalue weighted by atomic mass is 10.2. The molecule has 0 unspecified atom stereocenters. The van der Waals surface area contributed by atoms with Crippen LogP contribution in [0.1, 0.15) is 5.56 Å². The van der Waals surface area contributed by atoms with Crippen molar-refractivity contribution >= 4 is 9.84 Å². The summed E-state index contributed by atoms with van der Waals surface area (Å²) in [5.41, 5.74) is -0.744. The van der Waals surface area contributed by atoms with Crippen LogP contribution in [0.4, 0.5) is 8.78 Å². The van der Waals surface area contributed by atoms with Crippen molar-refractivity contribution in [1.82, 2.24) is 19.7 Å². The highest BCUT2D eigenvalue weighted by Gasteiger charge is 2.20. The van der Waals surface area contributed by atoms with E-state index in [1.807, 2.05) is 0 Å². The Morgan fingerprint density at radius 1 is 1.20 bits per heavy atom. The van der Waals surface area contributed by atoms with Crippen LogP contribution in [0.3, 0.4) is 0 Å². The second-order valence-electron chi connectivity index (χ2n) is 5.30. The Balaban J connectivity index is 2.11. The summed E-state index contributed by atoms with van der Waals surface area (Å²) in [6.45, 7) is -0.138. The first-order valence-corrected chi connectivity index (χ1v) is 8.91. The van der Waals surface area contributed by atoms with Crippen LogP contribution in [0.5, 0.6) is 0 Å². The van der Waals surface area contributed by atoms with Gasteiger partial charge in [0.15, 0.2) is 20.7 Å². The number of hydrogen-bond acceptors (Lipinski definition) is 5. The highest BCUT2D eigenvalue weighted by Crippen LogP contribution is 2.20. The summed E-state index contributed by atoms with van der Waals surface area (Å²) >= 11 is 0. The van der Waals surface area contributed by atoms with Gasteiger partial charge in [0.1, 0.15) is 11.5 Å². The predicted molar refractivity (Wildman–Crippen MR) is 84.6 cm³/mol. The van der Waals surface area contributed by atoms with E-state index >= 15 is 0 Å². The number of rotatable bonds is 4. The van der Waals surface area contributed by atoms with Crippen molar-refractivity contribution in [2.24, 2.45) is 0 Å². The van der Waals surface area contributed by atoms with Crippen molar-refractivity contribution in [3.8, 4) is 11.5 Å². The van der Waals surface area contributed by atoms with E-state index < -0.39 is 27.0 Å². The lowest BCUT2D eigenvalue weighted by molar-refractivity contribution is 0.548. The molecule has 25 heavy (non-hydrogen) atoms. The average molecular weight is 366 g/mol. The van der Waals surface area contributed by atoms with E-state index in [1.165, 1.54) is 24.3 Å². The second-order valence-corrected chi connectivity index (χ2v) is 7.26. The van der Waals surface area contributed by atoms with Crippen LogP contribution in [-0.2, 0) is 16.4 Å². The molecule has 2 aromatic heterocycles. The van der Waals surface area contributed by atoms with Crippen molar-refractivity contribution in [1.29, 1.82) is 0 Å². The van der Waals surface area contributed by atoms with Gasteiger partial charge < -0.3 is 4.98 Å². The number of aromatic nitrogens is 4. The molecule has 0 aliphatic heterocycles. The first-order valence-electron chi connectivity index (χ1n) is 7.02. The number of hydrogen-bond donors (Lipinski definition) is 1. The molecule has 0 radical (unpaired) electrons. The highest BCUT2D eigenvalue weighted by atomic mass is 32.2. The van der Waals surface area contributed by atoms with Gasteiger partial charge in [-0.3, -0.25) is 4.79 Å². The number of nitrogens with zero attached hydrogens (tertiary/aromatic N) is 3. The van der Waals surface area contributed by atoms with E-state index in [2.05, 4.69) is 15.1 Å². The van der Waals surface area contributed by atoms with Crippen molar-refractivity contribution in [3.63, 3.8) is 0 Å². The van der Waals surface area contributed by atoms with E-state index in [4.69, 9.17) is 0 Å². The summed E-state index contributed by atoms with van der Waals surface area (Å²) in [7, 11) is -3.69. The summed E-state index contributed by atoms with van der Waals surface area (Å²) < 4.78 is 52.0. The molecule has 0 aliphatic carbocycles. The maximum atomic E-state index is 13.8. The molecule has 0 saturated heterocycles. The van der Waals surface area contributed by atoms with Crippen LogP contribution in [0.2, 0.25) is 0 Å². The smallest absolute Gasteiger partial charge is 0.287 e. The van der Waals surface area contributed by atoms with Gasteiger partial charge in [-0.05, 0) is 6.07 Å². The quantitative estimate of drug-likeness (QED) is 0.752. The Kier molecular flexibility index (Phi) is 4.21. The van der Waals surface area contributed by atoms with Crippen LogP contribution in [0, 0.1) is 11.6 Å². The van der Waals surface area contributed by atoms with Gasteiger partial charge in [0.2, 0.25) is 5.82 Å². The largest absolute Gasteiger partial charge is 0.303 e. The highest BCUT2D eigenvalue weighted by molar-refractivity contribution is 7.90. The zero-order valence-corrected chi connectivity index (χ0v) is 13.7. The Morgan fingerprint density at radius 2 is 1.92 bits per heavy atom. The van der Waals surface area contributed by atoms with Crippen molar-refractivity contribution in [3.05, 3.63) is 64.1 Å². The van der Waals surface area contributed by atoms with E-state index in [0.29, 0.717) is 6.20 Å². The van der Waals surface area contributed by atoms with Crippen LogP contribution in [0.25, 0.3) is 11.5 Å². The van der Waals surface area contributed by atoms with E-state index in [0.717, 1.165) is 10.9 Å². The lowest BCUT2D eigenvalue weighted by Crippen LogP contribution is -2.13. The minimum absolute atomic E-state index is 0.0221. The zero-order chi connectivity index (χ0) is 18.2. The minimum atomic E-state index is -3.69. The fourth-order valence-electron chi connectivity index (χ4n) is 2.22. The molecule has 0 spiro atoms. The number of sulfone groups is 1. The monoisotopic (exact) mass is 366 g/mol. The predicted octanol–water partition coefficient (Wildman–Crippen LogP) is 1.36. The molecule has 2 heterocycles. The van der Waals surface area contributed by atoms with Crippen LogP contribution >= 0.6 is 0 Å². The molecule has 0 bridgehead atoms. The molecule has 7 nitrogen and oxygen atoms in total. The molecule has 0 atom stereocenters. The topological polar surface area (TPSA) is 97.7 Å². The van der Waals surface area contributed by atoms with Gasteiger partial charge in [-0.2, -0.15) is 9.49 Å². The van der Waals surface area contributed by atoms with E-state index in [-0.39, 0.29) is 28.7 Å². The number of aromatic amines is 1.